The maximum atomic E-state index is 12.9. The summed E-state index contributed by atoms with van der Waals surface area (Å²) in [5.41, 5.74) is 0. The van der Waals surface area contributed by atoms with Gasteiger partial charge in [-0.05, 0) is 116 Å². The van der Waals surface area contributed by atoms with E-state index >= 15 is 0 Å². The lowest BCUT2D eigenvalue weighted by Crippen LogP contribution is -2.30. The number of carbonyl (C=O) groups is 3. The number of hydrogen-bond acceptors (Lipinski definition) is 14. The number of rotatable bonds is 61. The second-order valence-electron chi connectivity index (χ2n) is 21.5. The highest BCUT2D eigenvalue weighted by Crippen LogP contribution is 2.45. The molecule has 5 atom stereocenters. The van der Waals surface area contributed by atoms with Crippen LogP contribution in [0.3, 0.4) is 0 Å². The average molecular weight is 1240 g/mol. The van der Waals surface area contributed by atoms with Crippen LogP contribution < -0.4 is 0 Å². The van der Waals surface area contributed by atoms with Crippen LogP contribution in [0.1, 0.15) is 252 Å². The molecule has 0 spiro atoms. The zero-order valence-electron chi connectivity index (χ0n) is 52.8. The molecule has 0 aromatic rings. The number of allylic oxidation sites excluding steroid dienone is 16. The molecule has 0 aliphatic rings. The first kappa shape index (κ1) is 81.5. The summed E-state index contributed by atoms with van der Waals surface area (Å²) in [5, 5.41) is 20.5. The number of hydrogen-bond donors (Lipinski definition) is 4. The average Bonchev–Trinajstić information content (AvgIpc) is 3.60. The van der Waals surface area contributed by atoms with Gasteiger partial charge in [0.2, 0.25) is 0 Å². The predicted molar refractivity (Wildman–Crippen MR) is 344 cm³/mol. The van der Waals surface area contributed by atoms with Crippen molar-refractivity contribution in [2.45, 2.75) is 270 Å². The van der Waals surface area contributed by atoms with Crippen molar-refractivity contribution < 1.29 is 75.8 Å². The van der Waals surface area contributed by atoms with Crippen LogP contribution in [0, 0.1) is 0 Å². The topological polar surface area (TPSA) is 231 Å². The van der Waals surface area contributed by atoms with Crippen LogP contribution in [0.2, 0.25) is 0 Å². The van der Waals surface area contributed by atoms with Gasteiger partial charge in [0, 0.05) is 19.3 Å². The molecule has 490 valence electrons. The van der Waals surface area contributed by atoms with Gasteiger partial charge >= 0.3 is 33.6 Å². The van der Waals surface area contributed by atoms with Gasteiger partial charge in [0.1, 0.15) is 25.4 Å². The van der Waals surface area contributed by atoms with E-state index in [1.807, 2.05) is 0 Å². The van der Waals surface area contributed by atoms with Gasteiger partial charge < -0.3 is 34.2 Å². The minimum absolute atomic E-state index is 0.0898. The van der Waals surface area contributed by atoms with Crippen molar-refractivity contribution in [1.29, 1.82) is 0 Å². The van der Waals surface area contributed by atoms with E-state index in [1.54, 1.807) is 0 Å². The van der Waals surface area contributed by atoms with E-state index < -0.39 is 91.5 Å². The monoisotopic (exact) mass is 1240 g/mol. The first-order valence-corrected chi connectivity index (χ1v) is 35.5. The molecule has 0 saturated heterocycles. The number of unbranched alkanes of at least 4 members (excludes halogenated alkanes) is 22. The van der Waals surface area contributed by atoms with Gasteiger partial charge in [0.05, 0.1) is 26.4 Å². The SMILES string of the molecule is CC/C=C\C/C=C\C/C=C\C/C=C\CCCCCCCCC(=O)OCC(O)COP(=O)(O)OCC(O)COP(=O)(O)OCC(COC(=O)CCCCCCCC/C=C\C/C=C\C/C=C\CCCCC)OC(=O)CCCCCCC/C=C\CCCC. The molecule has 0 heterocycles. The molecule has 16 nitrogen and oxygen atoms in total. The van der Waals surface area contributed by atoms with Crippen LogP contribution in [-0.4, -0.2) is 95.9 Å². The molecular formula is C67H116O16P2. The van der Waals surface area contributed by atoms with Crippen molar-refractivity contribution in [2.24, 2.45) is 0 Å². The Bertz CT molecular complexity index is 1940. The molecule has 0 aromatic carbocycles. The highest BCUT2D eigenvalue weighted by atomic mass is 31.2. The fourth-order valence-electron chi connectivity index (χ4n) is 8.25. The van der Waals surface area contributed by atoms with E-state index in [9.17, 15) is 43.5 Å². The fourth-order valence-corrected chi connectivity index (χ4v) is 9.84. The Kier molecular flexibility index (Phi) is 58.2. The van der Waals surface area contributed by atoms with Crippen LogP contribution in [0.5, 0.6) is 0 Å². The molecule has 0 aliphatic carbocycles. The maximum Gasteiger partial charge on any atom is 0.472 e. The Balaban J connectivity index is 4.64. The summed E-state index contributed by atoms with van der Waals surface area (Å²) in [6, 6.07) is 0. The van der Waals surface area contributed by atoms with E-state index in [0.717, 1.165) is 161 Å². The van der Waals surface area contributed by atoms with Gasteiger partial charge in [-0.15, -0.1) is 0 Å². The van der Waals surface area contributed by atoms with Gasteiger partial charge in [0.15, 0.2) is 6.10 Å². The van der Waals surface area contributed by atoms with Crippen LogP contribution in [0.15, 0.2) is 97.2 Å². The number of aliphatic hydroxyl groups is 2. The van der Waals surface area contributed by atoms with Crippen molar-refractivity contribution in [3.63, 3.8) is 0 Å². The van der Waals surface area contributed by atoms with Gasteiger partial charge in [0.25, 0.3) is 0 Å². The Morgan fingerprint density at radius 1 is 0.341 bits per heavy atom. The molecule has 0 bridgehead atoms. The number of aliphatic hydroxyl groups excluding tert-OH is 2. The summed E-state index contributed by atoms with van der Waals surface area (Å²) < 4.78 is 60.7. The van der Waals surface area contributed by atoms with E-state index in [-0.39, 0.29) is 19.3 Å². The smallest absolute Gasteiger partial charge is 0.463 e. The second-order valence-corrected chi connectivity index (χ2v) is 24.4. The molecule has 85 heavy (non-hydrogen) atoms. The number of phosphoric ester groups is 2. The Labute approximate surface area is 514 Å². The molecule has 0 aromatic heterocycles. The zero-order chi connectivity index (χ0) is 62.4. The molecular weight excluding hydrogens is 1120 g/mol. The first-order valence-electron chi connectivity index (χ1n) is 32.5. The highest BCUT2D eigenvalue weighted by Gasteiger charge is 2.29. The van der Waals surface area contributed by atoms with Crippen LogP contribution in [-0.2, 0) is 55.8 Å². The summed E-state index contributed by atoms with van der Waals surface area (Å²) in [5.74, 6) is -1.61. The van der Waals surface area contributed by atoms with Crippen molar-refractivity contribution in [2.75, 3.05) is 39.6 Å². The summed E-state index contributed by atoms with van der Waals surface area (Å²) in [6.45, 7) is 2.43. The van der Waals surface area contributed by atoms with Crippen molar-refractivity contribution >= 4 is 33.6 Å². The van der Waals surface area contributed by atoms with Crippen LogP contribution in [0.4, 0.5) is 0 Å². The van der Waals surface area contributed by atoms with E-state index in [2.05, 4.69) is 118 Å². The lowest BCUT2D eigenvalue weighted by molar-refractivity contribution is -0.161. The van der Waals surface area contributed by atoms with E-state index in [4.69, 9.17) is 32.3 Å². The van der Waals surface area contributed by atoms with Gasteiger partial charge in [-0.3, -0.25) is 32.5 Å². The molecule has 4 N–H and O–H groups in total. The Hall–Kier alpha value is -3.53. The first-order chi connectivity index (χ1) is 41.2. The molecule has 0 radical (unpaired) electrons. The third-order valence-electron chi connectivity index (χ3n) is 13.3. The molecule has 5 unspecified atom stereocenters. The van der Waals surface area contributed by atoms with E-state index in [1.165, 1.54) is 32.1 Å². The van der Waals surface area contributed by atoms with Crippen LogP contribution in [0.25, 0.3) is 0 Å². The van der Waals surface area contributed by atoms with Crippen molar-refractivity contribution in [3.8, 4) is 0 Å². The lowest BCUT2D eigenvalue weighted by atomic mass is 10.1. The Morgan fingerprint density at radius 2 is 0.635 bits per heavy atom. The summed E-state index contributed by atoms with van der Waals surface area (Å²) in [7, 11) is -9.78. The zero-order valence-corrected chi connectivity index (χ0v) is 54.5. The molecule has 0 aliphatic heterocycles. The summed E-state index contributed by atoms with van der Waals surface area (Å²) >= 11 is 0. The Morgan fingerprint density at radius 3 is 1.04 bits per heavy atom. The van der Waals surface area contributed by atoms with Crippen molar-refractivity contribution in [3.05, 3.63) is 97.2 Å². The normalized spacial score (nSPS) is 15.0. The standard InChI is InChI=1S/C67H116O16P2/c1-4-7-10-13-16-19-22-24-26-28-30-32-34-36-39-41-44-47-50-53-65(70)77-56-62(68)57-79-84(73,74)80-58-63(69)59-81-85(75,76)82-61-64(83-67(72)55-52-49-46-43-38-21-18-15-12-9-6-3)60-78-66(71)54-51-48-45-42-40-37-35-33-31-29-27-25-23-20-17-14-11-8-5-2/h7,10,15-20,24-27,30-33,62-64,68-69H,4-6,8-9,11-14,21-23,28-29,34-61H2,1-3H3,(H,73,74)(H,75,76)/b10-7-,18-15-,19-16-,20-17-,26-24-,27-25-,32-30-,33-31-. The number of phosphoric acid groups is 2. The summed E-state index contributed by atoms with van der Waals surface area (Å²) in [6.07, 6.45) is 64.7. The maximum absolute atomic E-state index is 12.9. The predicted octanol–water partition coefficient (Wildman–Crippen LogP) is 17.5. The van der Waals surface area contributed by atoms with Gasteiger partial charge in [-0.1, -0.05) is 214 Å². The third kappa shape index (κ3) is 61.9. The van der Waals surface area contributed by atoms with Crippen LogP contribution >= 0.6 is 15.6 Å². The highest BCUT2D eigenvalue weighted by molar-refractivity contribution is 7.47. The number of esters is 3. The molecule has 0 fully saturated rings. The fraction of sp³-hybridized carbons (Fsp3) is 0.716. The van der Waals surface area contributed by atoms with Crippen molar-refractivity contribution in [1.82, 2.24) is 0 Å². The quantitative estimate of drug-likeness (QED) is 0.0146. The van der Waals surface area contributed by atoms with E-state index in [0.29, 0.717) is 19.3 Å². The third-order valence-corrected chi connectivity index (χ3v) is 15.2. The minimum Gasteiger partial charge on any atom is -0.463 e. The molecule has 18 heteroatoms. The largest absolute Gasteiger partial charge is 0.472 e. The summed E-state index contributed by atoms with van der Waals surface area (Å²) in [4.78, 5) is 58.2. The molecule has 0 amide bonds. The molecule has 0 rings (SSSR count). The molecule has 0 saturated carbocycles. The lowest BCUT2D eigenvalue weighted by Gasteiger charge is -2.21. The number of ether oxygens (including phenoxy) is 3. The second kappa shape index (κ2) is 60.7. The van der Waals surface area contributed by atoms with Gasteiger partial charge in [-0.25, -0.2) is 9.13 Å². The number of carbonyl (C=O) groups excluding carboxylic acids is 3. The minimum atomic E-state index is -4.92. The van der Waals surface area contributed by atoms with Gasteiger partial charge in [-0.2, -0.15) is 0 Å².